The van der Waals surface area contributed by atoms with Crippen LogP contribution in [0.4, 0.5) is 25.8 Å². The van der Waals surface area contributed by atoms with Gasteiger partial charge in [0.15, 0.2) is 11.6 Å². The summed E-state index contributed by atoms with van der Waals surface area (Å²) in [6.07, 6.45) is 1.51. The average Bonchev–Trinajstić information content (AvgIpc) is 2.67. The van der Waals surface area contributed by atoms with Crippen LogP contribution in [0, 0.1) is 11.6 Å². The first kappa shape index (κ1) is 18.3. The molecule has 3 aromatic rings. The van der Waals surface area contributed by atoms with Crippen LogP contribution in [-0.2, 0) is 0 Å². The molecule has 7 heteroatoms. The van der Waals surface area contributed by atoms with Gasteiger partial charge < -0.3 is 15.4 Å². The molecule has 0 unspecified atom stereocenters. The van der Waals surface area contributed by atoms with Gasteiger partial charge >= 0.3 is 0 Å². The Kier molecular flexibility index (Phi) is 5.61. The van der Waals surface area contributed by atoms with E-state index in [1.165, 1.54) is 18.3 Å². The fourth-order valence-corrected chi connectivity index (χ4v) is 2.34. The minimum Gasteiger partial charge on any atom is -0.494 e. The Bertz CT molecular complexity index is 929. The summed E-state index contributed by atoms with van der Waals surface area (Å²) < 4.78 is 31.5. The van der Waals surface area contributed by atoms with Crippen molar-refractivity contribution in [2.45, 2.75) is 6.92 Å². The maximum Gasteiger partial charge on any atom is 0.274 e. The zero-order valence-electron chi connectivity index (χ0n) is 14.5. The van der Waals surface area contributed by atoms with E-state index in [9.17, 15) is 13.6 Å². The first-order valence-electron chi connectivity index (χ1n) is 8.27. The highest BCUT2D eigenvalue weighted by molar-refractivity contribution is 6.02. The molecule has 0 aliphatic heterocycles. The number of rotatable bonds is 6. The summed E-state index contributed by atoms with van der Waals surface area (Å²) in [4.78, 5) is 16.2. The zero-order chi connectivity index (χ0) is 19.2. The molecule has 0 spiro atoms. The van der Waals surface area contributed by atoms with Crippen molar-refractivity contribution in [3.8, 4) is 5.75 Å². The summed E-state index contributed by atoms with van der Waals surface area (Å²) in [5, 5.41) is 5.63. The molecule has 0 atom stereocenters. The average molecular weight is 369 g/mol. The number of halogens is 2. The van der Waals surface area contributed by atoms with Crippen molar-refractivity contribution >= 4 is 23.0 Å². The molecule has 2 N–H and O–H groups in total. The van der Waals surface area contributed by atoms with Gasteiger partial charge in [0.2, 0.25) is 0 Å². The number of amides is 1. The first-order valence-corrected chi connectivity index (χ1v) is 8.27. The lowest BCUT2D eigenvalue weighted by molar-refractivity contribution is 0.102. The van der Waals surface area contributed by atoms with Crippen molar-refractivity contribution in [2.75, 3.05) is 17.2 Å². The molecular weight excluding hydrogens is 352 g/mol. The Morgan fingerprint density at radius 2 is 1.67 bits per heavy atom. The smallest absolute Gasteiger partial charge is 0.274 e. The fraction of sp³-hybridized carbons (Fsp3) is 0.100. The summed E-state index contributed by atoms with van der Waals surface area (Å²) in [5.41, 5.74) is 1.84. The number of hydrogen-bond acceptors (Lipinski definition) is 4. The van der Waals surface area contributed by atoms with Crippen LogP contribution < -0.4 is 15.4 Å². The zero-order valence-corrected chi connectivity index (χ0v) is 14.5. The van der Waals surface area contributed by atoms with E-state index in [1.807, 2.05) is 31.2 Å². The molecule has 1 aromatic heterocycles. The largest absolute Gasteiger partial charge is 0.494 e. The van der Waals surface area contributed by atoms with Gasteiger partial charge in [0.1, 0.15) is 11.4 Å². The van der Waals surface area contributed by atoms with Gasteiger partial charge in [0.05, 0.1) is 18.5 Å². The Balaban J connectivity index is 1.63. The van der Waals surface area contributed by atoms with Gasteiger partial charge in [-0.15, -0.1) is 0 Å². The van der Waals surface area contributed by atoms with Gasteiger partial charge in [-0.1, -0.05) is 0 Å². The number of hydrogen-bond donors (Lipinski definition) is 2. The Hall–Kier alpha value is -3.48. The number of carbonyl (C=O) groups excluding carboxylic acids is 1. The number of anilines is 3. The molecule has 1 heterocycles. The molecular formula is C20H17F2N3O2. The van der Waals surface area contributed by atoms with Crippen molar-refractivity contribution < 1.29 is 18.3 Å². The second-order valence-electron chi connectivity index (χ2n) is 5.60. The van der Waals surface area contributed by atoms with E-state index in [0.29, 0.717) is 12.3 Å². The molecule has 1 amide bonds. The van der Waals surface area contributed by atoms with Crippen LogP contribution in [-0.4, -0.2) is 17.5 Å². The summed E-state index contributed by atoms with van der Waals surface area (Å²) >= 11 is 0. The summed E-state index contributed by atoms with van der Waals surface area (Å²) in [7, 11) is 0. The Morgan fingerprint density at radius 1 is 0.963 bits per heavy atom. The van der Waals surface area contributed by atoms with Crippen LogP contribution in [0.15, 0.2) is 60.8 Å². The number of pyridine rings is 1. The van der Waals surface area contributed by atoms with Crippen LogP contribution in [0.2, 0.25) is 0 Å². The van der Waals surface area contributed by atoms with Crippen molar-refractivity contribution in [3.05, 3.63) is 78.1 Å². The Labute approximate surface area is 155 Å². The number of ether oxygens (including phenoxy) is 1. The van der Waals surface area contributed by atoms with Crippen molar-refractivity contribution in [2.24, 2.45) is 0 Å². The molecule has 0 aliphatic carbocycles. The van der Waals surface area contributed by atoms with E-state index >= 15 is 0 Å². The molecule has 0 saturated heterocycles. The van der Waals surface area contributed by atoms with Gasteiger partial charge in [-0.05, 0) is 55.5 Å². The van der Waals surface area contributed by atoms with E-state index in [0.717, 1.165) is 23.6 Å². The van der Waals surface area contributed by atoms with Crippen LogP contribution in [0.5, 0.6) is 5.75 Å². The predicted molar refractivity (Wildman–Crippen MR) is 99.4 cm³/mol. The molecule has 3 rings (SSSR count). The molecule has 0 aliphatic rings. The molecule has 27 heavy (non-hydrogen) atoms. The highest BCUT2D eigenvalue weighted by atomic mass is 19.2. The summed E-state index contributed by atoms with van der Waals surface area (Å²) in [6.45, 7) is 2.52. The molecule has 5 nitrogen and oxygen atoms in total. The molecule has 0 bridgehead atoms. The lowest BCUT2D eigenvalue weighted by Gasteiger charge is -2.09. The van der Waals surface area contributed by atoms with E-state index in [2.05, 4.69) is 15.6 Å². The number of nitrogens with zero attached hydrogens (tertiary/aromatic N) is 1. The topological polar surface area (TPSA) is 63.2 Å². The standard InChI is InChI=1S/C20H17F2N3O2/c1-2-27-16-7-3-13(4-8-16)24-15-6-10-19(23-12-15)20(26)25-14-5-9-17(21)18(22)11-14/h3-12,24H,2H2,1H3,(H,25,26). The maximum atomic E-state index is 13.2. The number of carbonyl (C=O) groups is 1. The third kappa shape index (κ3) is 4.78. The highest BCUT2D eigenvalue weighted by Crippen LogP contribution is 2.20. The SMILES string of the molecule is CCOc1ccc(Nc2ccc(C(=O)Nc3ccc(F)c(F)c3)nc2)cc1. The van der Waals surface area contributed by atoms with Gasteiger partial charge in [0, 0.05) is 17.4 Å². The van der Waals surface area contributed by atoms with Crippen LogP contribution in [0.25, 0.3) is 0 Å². The maximum absolute atomic E-state index is 13.2. The highest BCUT2D eigenvalue weighted by Gasteiger charge is 2.10. The number of nitrogens with one attached hydrogen (secondary N) is 2. The second-order valence-corrected chi connectivity index (χ2v) is 5.60. The molecule has 0 fully saturated rings. The molecule has 0 radical (unpaired) electrons. The number of aromatic nitrogens is 1. The van der Waals surface area contributed by atoms with Crippen LogP contribution >= 0.6 is 0 Å². The lowest BCUT2D eigenvalue weighted by Crippen LogP contribution is -2.13. The van der Waals surface area contributed by atoms with E-state index in [1.54, 1.807) is 6.07 Å². The minimum atomic E-state index is -1.03. The van der Waals surface area contributed by atoms with Crippen molar-refractivity contribution in [1.82, 2.24) is 4.98 Å². The van der Waals surface area contributed by atoms with Gasteiger partial charge in [-0.2, -0.15) is 0 Å². The quantitative estimate of drug-likeness (QED) is 0.658. The predicted octanol–water partition coefficient (Wildman–Crippen LogP) is 4.75. The first-order chi connectivity index (χ1) is 13.0. The molecule has 0 saturated carbocycles. The monoisotopic (exact) mass is 369 g/mol. The van der Waals surface area contributed by atoms with E-state index in [-0.39, 0.29) is 11.4 Å². The van der Waals surface area contributed by atoms with Crippen molar-refractivity contribution in [3.63, 3.8) is 0 Å². The summed E-state index contributed by atoms with van der Waals surface area (Å²) in [5.74, 6) is -1.74. The molecule has 138 valence electrons. The number of benzene rings is 2. The lowest BCUT2D eigenvalue weighted by atomic mass is 10.2. The normalized spacial score (nSPS) is 10.3. The van der Waals surface area contributed by atoms with Crippen LogP contribution in [0.1, 0.15) is 17.4 Å². The van der Waals surface area contributed by atoms with Crippen LogP contribution in [0.3, 0.4) is 0 Å². The Morgan fingerprint density at radius 3 is 2.30 bits per heavy atom. The fourth-order valence-electron chi connectivity index (χ4n) is 2.34. The van der Waals surface area contributed by atoms with E-state index in [4.69, 9.17) is 4.74 Å². The van der Waals surface area contributed by atoms with E-state index < -0.39 is 17.5 Å². The third-order valence-electron chi connectivity index (χ3n) is 3.63. The molecule has 2 aromatic carbocycles. The van der Waals surface area contributed by atoms with Crippen molar-refractivity contribution in [1.29, 1.82) is 0 Å². The third-order valence-corrected chi connectivity index (χ3v) is 3.63. The van der Waals surface area contributed by atoms with Gasteiger partial charge in [-0.3, -0.25) is 4.79 Å². The van der Waals surface area contributed by atoms with Gasteiger partial charge in [-0.25, -0.2) is 13.8 Å². The second kappa shape index (κ2) is 8.27. The minimum absolute atomic E-state index is 0.150. The van der Waals surface area contributed by atoms with Gasteiger partial charge in [0.25, 0.3) is 5.91 Å². The summed E-state index contributed by atoms with van der Waals surface area (Å²) in [6, 6.07) is 13.8.